The highest BCUT2D eigenvalue weighted by Gasteiger charge is 2.46. The predicted molar refractivity (Wildman–Crippen MR) is 338 cm³/mol. The second-order valence-electron chi connectivity index (χ2n) is 21.9. The molecule has 11 atom stereocenters. The molecule has 10 bridgehead atoms. The molecule has 10 heterocycles. The van der Waals surface area contributed by atoms with Gasteiger partial charge in [-0.15, -0.1) is 68.0 Å². The number of thiazole rings is 6. The fourth-order valence-corrected chi connectivity index (χ4v) is 16.4. The number of aryl methyl sites for hydroxylation is 1. The highest BCUT2D eigenvalue weighted by molar-refractivity contribution is 7.15. The zero-order valence-electron chi connectivity index (χ0n) is 48.0. The van der Waals surface area contributed by atoms with Crippen LogP contribution in [0, 0.1) is 12.8 Å². The average Bonchev–Trinajstić information content (AvgIpc) is 1.69. The van der Waals surface area contributed by atoms with Crippen LogP contribution < -0.4 is 21.7 Å². The summed E-state index contributed by atoms with van der Waals surface area (Å²) in [5.74, 6) is -5.44. The van der Waals surface area contributed by atoms with Crippen LogP contribution in [0.5, 0.6) is 5.75 Å². The summed E-state index contributed by atoms with van der Waals surface area (Å²) in [5, 5.41) is 82.4. The number of ether oxygens (including phenoxy) is 1. The summed E-state index contributed by atoms with van der Waals surface area (Å²) in [6, 6.07) is 15.1. The number of hydrogen-bond donors (Lipinski definition) is 10. The third-order valence-corrected chi connectivity index (χ3v) is 21.4. The van der Waals surface area contributed by atoms with Gasteiger partial charge >= 0.3 is 0 Å². The van der Waals surface area contributed by atoms with E-state index in [0.717, 1.165) is 45.3 Å². The summed E-state index contributed by atoms with van der Waals surface area (Å²) in [7, 11) is 0. The van der Waals surface area contributed by atoms with E-state index in [2.05, 4.69) is 25.9 Å². The van der Waals surface area contributed by atoms with Crippen LogP contribution in [0.25, 0.3) is 43.4 Å². The molecule has 25 nitrogen and oxygen atoms in total. The van der Waals surface area contributed by atoms with Gasteiger partial charge in [-0.2, -0.15) is 0 Å². The van der Waals surface area contributed by atoms with Crippen molar-refractivity contribution < 1.29 is 64.1 Å². The molecule has 3 aliphatic rings. The van der Waals surface area contributed by atoms with Crippen molar-refractivity contribution in [2.75, 3.05) is 19.7 Å². The van der Waals surface area contributed by atoms with Gasteiger partial charge in [0.25, 0.3) is 17.7 Å². The van der Waals surface area contributed by atoms with Crippen LogP contribution in [0.2, 0.25) is 0 Å². The Kier molecular flexibility index (Phi) is 18.5. The van der Waals surface area contributed by atoms with Gasteiger partial charge in [0.05, 0.1) is 48.0 Å². The lowest BCUT2D eigenvalue weighted by atomic mass is 9.90. The van der Waals surface area contributed by atoms with Crippen LogP contribution in [0.15, 0.2) is 93.6 Å². The number of primary amides is 1. The van der Waals surface area contributed by atoms with E-state index in [1.165, 1.54) is 55.8 Å². The van der Waals surface area contributed by atoms with Crippen LogP contribution in [0.4, 0.5) is 0 Å². The van der Waals surface area contributed by atoms with E-state index in [0.29, 0.717) is 64.4 Å². The van der Waals surface area contributed by atoms with Crippen molar-refractivity contribution in [1.29, 1.82) is 0 Å². The molecule has 0 radical (unpaired) electrons. The van der Waals surface area contributed by atoms with Crippen molar-refractivity contribution in [2.45, 2.75) is 93.8 Å². The van der Waals surface area contributed by atoms with E-state index >= 15 is 4.79 Å². The quantitative estimate of drug-likeness (QED) is 0.0776. The third-order valence-electron chi connectivity index (χ3n) is 15.8. The number of benzene rings is 2. The summed E-state index contributed by atoms with van der Waals surface area (Å²) >= 11 is 6.85. The number of phenols is 1. The van der Waals surface area contributed by atoms with Crippen LogP contribution in [0.1, 0.15) is 117 Å². The summed E-state index contributed by atoms with van der Waals surface area (Å²) in [5.41, 5.74) is 8.58. The minimum atomic E-state index is -1.35. The largest absolute Gasteiger partial charge is 0.508 e. The second-order valence-corrected chi connectivity index (χ2v) is 27.5. The number of phenolic OH excluding ortho intramolecular Hbond substituents is 1. The van der Waals surface area contributed by atoms with Gasteiger partial charge in [-0.1, -0.05) is 49.4 Å². The number of nitrogens with zero attached hydrogens (tertiary/aromatic N) is 8. The molecule has 2 fully saturated rings. The van der Waals surface area contributed by atoms with Crippen molar-refractivity contribution in [3.63, 3.8) is 0 Å². The fourth-order valence-electron chi connectivity index (χ4n) is 11.0. The number of rotatable bonds is 11. The van der Waals surface area contributed by atoms with Crippen LogP contribution in [-0.4, -0.2) is 162 Å². The molecule has 0 spiro atoms. The number of hydrogen-bond acceptors (Lipinski definition) is 26. The Labute approximate surface area is 541 Å². The Morgan fingerprint density at radius 2 is 1.36 bits per heavy atom. The first-order valence-electron chi connectivity index (χ1n) is 28.4. The normalized spacial score (nSPS) is 23.3. The molecule has 31 heteroatoms. The summed E-state index contributed by atoms with van der Waals surface area (Å²) < 4.78 is 5.52. The molecule has 0 saturated carbocycles. The van der Waals surface area contributed by atoms with Gasteiger partial charge in [-0.3, -0.25) is 28.8 Å². The Morgan fingerprint density at radius 1 is 0.714 bits per heavy atom. The topological polar surface area (TPSA) is 389 Å². The average molecular weight is 1350 g/mol. The zero-order valence-corrected chi connectivity index (χ0v) is 52.9. The van der Waals surface area contributed by atoms with Crippen LogP contribution in [-0.2, 0) is 20.7 Å². The maximum absolute atomic E-state index is 15.2. The SMILES string of the molecule is Cc1sc2nc1C(=O)C[C@@H]([C@H](O)c1ccccc1)c1nc(cs1)C(=O)N[C@@H](Cc1ccc(O)cc1)C(=O)N1C[C@H](O)[C@H](C)[C@H]1c1nc(cs1)-c1nc(cs1)-c1nc(-c3nc(C(=O)NC[C@@H]4O[C@@H](CO)[C@H](O)[C@H]4O)cs3)ccc1-c1nc(cs1)C(=O)N[C@H]2CC(N)=O. The van der Waals surface area contributed by atoms with Crippen LogP contribution >= 0.6 is 68.0 Å². The van der Waals surface area contributed by atoms with Gasteiger partial charge in [-0.25, -0.2) is 34.9 Å². The number of pyridine rings is 1. The number of nitrogens with two attached hydrogens (primary N) is 1. The number of aliphatic hydroxyl groups excluding tert-OH is 5. The Balaban J connectivity index is 0.927. The third kappa shape index (κ3) is 13.2. The molecule has 7 aromatic heterocycles. The number of nitrogens with one attached hydrogen (secondary N) is 3. The monoisotopic (exact) mass is 1340 g/mol. The number of aliphatic hydroxyl groups is 5. The molecule has 470 valence electrons. The molecule has 0 unspecified atom stereocenters. The number of amides is 5. The predicted octanol–water partition coefficient (Wildman–Crippen LogP) is 5.39. The number of fused-ring (bicyclic) bond motifs is 16. The van der Waals surface area contributed by atoms with Crippen LogP contribution in [0.3, 0.4) is 0 Å². The highest BCUT2D eigenvalue weighted by Crippen LogP contribution is 2.43. The van der Waals surface area contributed by atoms with Crippen molar-refractivity contribution in [2.24, 2.45) is 11.7 Å². The van der Waals surface area contributed by atoms with Gasteiger partial charge in [0.2, 0.25) is 11.8 Å². The van der Waals surface area contributed by atoms with E-state index < -0.39 is 115 Å². The molecular weight excluding hydrogens is 1290 g/mol. The number of aromatic nitrogens is 7. The first kappa shape index (κ1) is 63.1. The number of carbonyl (C=O) groups excluding carboxylic acids is 6. The number of aromatic hydroxyl groups is 1. The van der Waals surface area contributed by atoms with Gasteiger partial charge in [-0.05, 0) is 42.3 Å². The standard InChI is InChI=1S/C60H56N12O13S6/c1-25-41(76)18-72-47(25)59-70-39(24-90-59)57-66-35(20-88-57)46-30(12-13-32(63-46)56-69-36(21-89-56)51(81)62-17-42-49(79)50(80)43(19-73)85-42)54-67-37(22-86-54)52(82)64-33(16-44(61)77)58-71-45(26(2)91-58)40(75)15-31(48(78)28-6-4-3-5-7-28)55-68-38(23-87-55)53(83)65-34(60(72)84)14-27-8-10-29(74)11-9-27/h3-13,20-25,31,33-34,41-43,47-50,73-74,76,78-80H,14-19H2,1-2H3,(H2,61,77)(H,62,81)(H,64,82)(H,65,83)/t25-,31-,33-,34-,41-,42-,43-,47-,48+,49-,50-/m0/s1. The first-order valence-corrected chi connectivity index (χ1v) is 33.6. The molecule has 9 aromatic rings. The zero-order chi connectivity index (χ0) is 63.9. The van der Waals surface area contributed by atoms with Gasteiger partial charge in [0, 0.05) is 75.1 Å². The molecule has 5 amide bonds. The molecule has 2 aromatic carbocycles. The van der Waals surface area contributed by atoms with Crippen molar-refractivity contribution in [3.05, 3.63) is 147 Å². The Morgan fingerprint density at radius 3 is 2.11 bits per heavy atom. The van der Waals surface area contributed by atoms with E-state index in [9.17, 15) is 54.6 Å². The summed E-state index contributed by atoms with van der Waals surface area (Å²) in [6.07, 6.45) is -7.79. The summed E-state index contributed by atoms with van der Waals surface area (Å²) in [6.45, 7) is 2.65. The highest BCUT2D eigenvalue weighted by atomic mass is 32.1. The molecule has 2 saturated heterocycles. The molecular formula is C60H56N12O13S6. The second kappa shape index (κ2) is 26.7. The Bertz CT molecular complexity index is 4210. The van der Waals surface area contributed by atoms with E-state index in [1.54, 1.807) is 79.2 Å². The van der Waals surface area contributed by atoms with Crippen molar-refractivity contribution >= 4 is 103 Å². The number of Topliss-reactive ketones (excluding diaryl/α,β-unsaturated/α-hetero) is 1. The molecule has 0 aliphatic carbocycles. The molecule has 12 rings (SSSR count). The van der Waals surface area contributed by atoms with E-state index in [1.807, 2.05) is 0 Å². The number of carbonyl (C=O) groups is 6. The van der Waals surface area contributed by atoms with E-state index in [4.69, 9.17) is 35.4 Å². The lowest BCUT2D eigenvalue weighted by molar-refractivity contribution is -0.134. The van der Waals surface area contributed by atoms with Crippen molar-refractivity contribution in [3.8, 4) is 49.1 Å². The minimum Gasteiger partial charge on any atom is -0.508 e. The number of ketones is 1. The molecule has 3 aliphatic heterocycles. The minimum absolute atomic E-state index is 0.00713. The molecule has 11 N–H and O–H groups in total. The van der Waals surface area contributed by atoms with Gasteiger partial charge in [0.15, 0.2) is 5.78 Å². The summed E-state index contributed by atoms with van der Waals surface area (Å²) in [4.78, 5) is 121. The lowest BCUT2D eigenvalue weighted by Gasteiger charge is -2.29. The van der Waals surface area contributed by atoms with Crippen molar-refractivity contribution in [1.82, 2.24) is 55.7 Å². The first-order chi connectivity index (χ1) is 43.8. The Hall–Kier alpha value is -8.05. The molecule has 91 heavy (non-hydrogen) atoms. The maximum atomic E-state index is 15.2. The van der Waals surface area contributed by atoms with Gasteiger partial charge in [0.1, 0.15) is 101 Å². The maximum Gasteiger partial charge on any atom is 0.271 e. The van der Waals surface area contributed by atoms with Gasteiger partial charge < -0.3 is 62.0 Å². The fraction of sp³-hybridized carbons (Fsp3) is 0.317. The van der Waals surface area contributed by atoms with E-state index in [-0.39, 0.29) is 64.5 Å². The lowest BCUT2D eigenvalue weighted by Crippen LogP contribution is -2.50. The smallest absolute Gasteiger partial charge is 0.271 e.